The Morgan fingerprint density at radius 2 is 2.12 bits per heavy atom. The Morgan fingerprint density at radius 1 is 1.28 bits per heavy atom. The fraction of sp³-hybridized carbons (Fsp3) is 0.316. The number of aromatic nitrogens is 4. The Labute approximate surface area is 146 Å². The number of carbonyl (C=O) groups is 1. The molecule has 3 heterocycles. The molecule has 1 aliphatic heterocycles. The van der Waals surface area contributed by atoms with Crippen LogP contribution in [0.4, 0.5) is 0 Å². The van der Waals surface area contributed by atoms with E-state index in [2.05, 4.69) is 26.2 Å². The molecular formula is C19H21N5O. The third-order valence-corrected chi connectivity index (χ3v) is 4.61. The van der Waals surface area contributed by atoms with Crippen molar-refractivity contribution in [1.82, 2.24) is 24.6 Å². The first-order valence-corrected chi connectivity index (χ1v) is 8.58. The predicted molar refractivity (Wildman–Crippen MR) is 94.0 cm³/mol. The summed E-state index contributed by atoms with van der Waals surface area (Å²) in [4.78, 5) is 17.6. The van der Waals surface area contributed by atoms with Crippen LogP contribution >= 0.6 is 0 Å². The molecule has 0 bridgehead atoms. The van der Waals surface area contributed by atoms with Gasteiger partial charge in [0.15, 0.2) is 6.04 Å². The van der Waals surface area contributed by atoms with E-state index < -0.39 is 6.04 Å². The Kier molecular flexibility index (Phi) is 4.09. The lowest BCUT2D eigenvalue weighted by Gasteiger charge is -2.27. The van der Waals surface area contributed by atoms with Crippen LogP contribution in [0, 0.1) is 6.92 Å². The smallest absolute Gasteiger partial charge is 0.249 e. The zero-order chi connectivity index (χ0) is 17.2. The summed E-state index contributed by atoms with van der Waals surface area (Å²) < 4.78 is 3.86. The molecule has 0 saturated heterocycles. The van der Waals surface area contributed by atoms with Gasteiger partial charge in [-0.3, -0.25) is 9.48 Å². The van der Waals surface area contributed by atoms with E-state index in [9.17, 15) is 4.79 Å². The van der Waals surface area contributed by atoms with Crippen molar-refractivity contribution in [3.63, 3.8) is 0 Å². The molecule has 0 saturated carbocycles. The maximum absolute atomic E-state index is 13.0. The molecule has 1 N–H and O–H groups in total. The quantitative estimate of drug-likeness (QED) is 0.794. The van der Waals surface area contributed by atoms with Crippen molar-refractivity contribution >= 4 is 5.91 Å². The van der Waals surface area contributed by atoms with Gasteiger partial charge in [0.25, 0.3) is 0 Å². The van der Waals surface area contributed by atoms with E-state index >= 15 is 0 Å². The number of imidazole rings is 1. The second-order valence-corrected chi connectivity index (χ2v) is 6.49. The van der Waals surface area contributed by atoms with Gasteiger partial charge in [-0.2, -0.15) is 5.10 Å². The minimum atomic E-state index is -0.456. The van der Waals surface area contributed by atoms with E-state index in [1.54, 1.807) is 10.9 Å². The first-order valence-electron chi connectivity index (χ1n) is 8.58. The van der Waals surface area contributed by atoms with Crippen molar-refractivity contribution in [3.05, 3.63) is 72.1 Å². The molecule has 1 aromatic carbocycles. The van der Waals surface area contributed by atoms with Crippen molar-refractivity contribution in [2.75, 3.05) is 0 Å². The Balaban J connectivity index is 1.54. The van der Waals surface area contributed by atoms with Gasteiger partial charge < -0.3 is 9.88 Å². The molecule has 0 fully saturated rings. The lowest BCUT2D eigenvalue weighted by molar-refractivity contribution is -0.124. The number of nitrogens with one attached hydrogen (secondary N) is 1. The highest BCUT2D eigenvalue weighted by atomic mass is 16.2. The van der Waals surface area contributed by atoms with Crippen LogP contribution in [0.5, 0.6) is 0 Å². The standard InChI is InChI=1S/C19H21N5O/c1-14-12-23-13-16(8-9-17(23)21-14)22-19(25)18(24-11-5-10-20-24)15-6-3-2-4-7-15/h2-7,10-12,16,18H,8-9,13H2,1H3,(H,22,25)/t16-,18-/m1/s1. The molecule has 1 aliphatic rings. The lowest BCUT2D eigenvalue weighted by Crippen LogP contribution is -2.44. The molecule has 4 rings (SSSR count). The van der Waals surface area contributed by atoms with Crippen molar-refractivity contribution < 1.29 is 4.79 Å². The maximum Gasteiger partial charge on any atom is 0.249 e. The van der Waals surface area contributed by atoms with Gasteiger partial charge in [0.05, 0.1) is 5.69 Å². The highest BCUT2D eigenvalue weighted by Gasteiger charge is 2.27. The topological polar surface area (TPSA) is 64.7 Å². The molecule has 0 radical (unpaired) electrons. The second kappa shape index (κ2) is 6.55. The van der Waals surface area contributed by atoms with Crippen LogP contribution < -0.4 is 5.32 Å². The molecule has 3 aromatic rings. The highest BCUT2D eigenvalue weighted by molar-refractivity contribution is 5.83. The molecule has 128 valence electrons. The van der Waals surface area contributed by atoms with Crippen LogP contribution in [-0.4, -0.2) is 31.3 Å². The van der Waals surface area contributed by atoms with E-state index in [4.69, 9.17) is 0 Å². The zero-order valence-corrected chi connectivity index (χ0v) is 14.2. The van der Waals surface area contributed by atoms with Crippen molar-refractivity contribution in [1.29, 1.82) is 0 Å². The molecule has 0 spiro atoms. The Hall–Kier alpha value is -2.89. The maximum atomic E-state index is 13.0. The molecule has 2 atom stereocenters. The number of benzene rings is 1. The van der Waals surface area contributed by atoms with Gasteiger partial charge in [0, 0.05) is 37.6 Å². The van der Waals surface area contributed by atoms with Gasteiger partial charge >= 0.3 is 0 Å². The SMILES string of the molecule is Cc1cn2c(n1)CC[C@@H](NC(=O)[C@@H](c1ccccc1)n1cccn1)C2. The highest BCUT2D eigenvalue weighted by Crippen LogP contribution is 2.20. The number of aryl methyl sites for hydroxylation is 2. The Morgan fingerprint density at radius 3 is 2.88 bits per heavy atom. The fourth-order valence-electron chi connectivity index (χ4n) is 3.48. The van der Waals surface area contributed by atoms with Crippen LogP contribution in [0.1, 0.15) is 29.5 Å². The minimum absolute atomic E-state index is 0.0276. The summed E-state index contributed by atoms with van der Waals surface area (Å²) in [6.45, 7) is 2.77. The van der Waals surface area contributed by atoms with Crippen LogP contribution in [0.25, 0.3) is 0 Å². The summed E-state index contributed by atoms with van der Waals surface area (Å²) in [5.74, 6) is 1.08. The van der Waals surface area contributed by atoms with Crippen LogP contribution in [-0.2, 0) is 17.8 Å². The number of hydrogen-bond donors (Lipinski definition) is 1. The first-order chi connectivity index (χ1) is 12.2. The average Bonchev–Trinajstić information content (AvgIpc) is 3.24. The molecule has 1 amide bonds. The van der Waals surface area contributed by atoms with Gasteiger partial charge in [0.2, 0.25) is 5.91 Å². The monoisotopic (exact) mass is 335 g/mol. The normalized spacial score (nSPS) is 17.7. The van der Waals surface area contributed by atoms with Crippen LogP contribution in [0.3, 0.4) is 0 Å². The predicted octanol–water partition coefficient (Wildman–Crippen LogP) is 2.11. The molecule has 0 aliphatic carbocycles. The Bertz CT molecular complexity index is 853. The summed E-state index contributed by atoms with van der Waals surface area (Å²) >= 11 is 0. The third-order valence-electron chi connectivity index (χ3n) is 4.61. The van der Waals surface area contributed by atoms with Gasteiger partial charge in [0.1, 0.15) is 5.82 Å². The number of amides is 1. The van der Waals surface area contributed by atoms with Crippen molar-refractivity contribution in [2.45, 2.75) is 38.4 Å². The summed E-state index contributed by atoms with van der Waals surface area (Å²) in [5.41, 5.74) is 1.96. The van der Waals surface area contributed by atoms with Gasteiger partial charge in [-0.1, -0.05) is 30.3 Å². The first kappa shape index (κ1) is 15.6. The molecule has 0 unspecified atom stereocenters. The molecular weight excluding hydrogens is 314 g/mol. The summed E-state index contributed by atoms with van der Waals surface area (Å²) in [6.07, 6.45) is 7.37. The van der Waals surface area contributed by atoms with E-state index in [0.29, 0.717) is 0 Å². The lowest BCUT2D eigenvalue weighted by atomic mass is 10.0. The number of rotatable bonds is 4. The summed E-state index contributed by atoms with van der Waals surface area (Å²) in [6, 6.07) is 11.3. The molecule has 2 aromatic heterocycles. The third kappa shape index (κ3) is 3.20. The van der Waals surface area contributed by atoms with E-state index in [1.807, 2.05) is 49.5 Å². The van der Waals surface area contributed by atoms with Gasteiger partial charge in [-0.15, -0.1) is 0 Å². The van der Waals surface area contributed by atoms with E-state index in [1.165, 1.54) is 0 Å². The molecule has 6 nitrogen and oxygen atoms in total. The molecule has 25 heavy (non-hydrogen) atoms. The number of carbonyl (C=O) groups excluding carboxylic acids is 1. The average molecular weight is 335 g/mol. The van der Waals surface area contributed by atoms with Gasteiger partial charge in [-0.05, 0) is 25.0 Å². The second-order valence-electron chi connectivity index (χ2n) is 6.49. The fourth-order valence-corrected chi connectivity index (χ4v) is 3.48. The number of hydrogen-bond acceptors (Lipinski definition) is 3. The van der Waals surface area contributed by atoms with Crippen molar-refractivity contribution in [3.8, 4) is 0 Å². The summed E-state index contributed by atoms with van der Waals surface area (Å²) in [5, 5.41) is 7.49. The van der Waals surface area contributed by atoms with Crippen molar-refractivity contribution in [2.24, 2.45) is 0 Å². The number of nitrogens with zero attached hydrogens (tertiary/aromatic N) is 4. The van der Waals surface area contributed by atoms with Crippen LogP contribution in [0.15, 0.2) is 55.0 Å². The largest absolute Gasteiger partial charge is 0.349 e. The zero-order valence-electron chi connectivity index (χ0n) is 14.2. The number of fused-ring (bicyclic) bond motifs is 1. The van der Waals surface area contributed by atoms with Crippen LogP contribution in [0.2, 0.25) is 0 Å². The van der Waals surface area contributed by atoms with E-state index in [-0.39, 0.29) is 11.9 Å². The van der Waals surface area contributed by atoms with E-state index in [0.717, 1.165) is 36.5 Å². The minimum Gasteiger partial charge on any atom is -0.349 e. The van der Waals surface area contributed by atoms with Gasteiger partial charge in [-0.25, -0.2) is 4.98 Å². The molecule has 6 heteroatoms. The summed E-state index contributed by atoms with van der Waals surface area (Å²) in [7, 11) is 0.